The summed E-state index contributed by atoms with van der Waals surface area (Å²) in [5.41, 5.74) is 1.34. The third-order valence-electron chi connectivity index (χ3n) is 4.57. The molecule has 164 valence electrons. The SMILES string of the molecule is COc1ccc(Cn2c(SCC(=O)Nc3ccc(Cl)cc3F)nc3ccsc3c2=O)cc1. The van der Waals surface area contributed by atoms with Crippen LogP contribution < -0.4 is 15.6 Å². The van der Waals surface area contributed by atoms with Gasteiger partial charge in [0.1, 0.15) is 16.3 Å². The topological polar surface area (TPSA) is 73.2 Å². The van der Waals surface area contributed by atoms with Crippen molar-refractivity contribution in [1.82, 2.24) is 9.55 Å². The van der Waals surface area contributed by atoms with Gasteiger partial charge in [-0.25, -0.2) is 9.37 Å². The monoisotopic (exact) mass is 489 g/mol. The van der Waals surface area contributed by atoms with E-state index in [1.807, 2.05) is 24.3 Å². The number of benzene rings is 2. The van der Waals surface area contributed by atoms with Crippen molar-refractivity contribution in [3.8, 4) is 5.75 Å². The van der Waals surface area contributed by atoms with Crippen LogP contribution >= 0.6 is 34.7 Å². The minimum absolute atomic E-state index is 0.0388. The van der Waals surface area contributed by atoms with Crippen molar-refractivity contribution < 1.29 is 13.9 Å². The Bertz CT molecular complexity index is 1340. The number of aromatic nitrogens is 2. The average Bonchev–Trinajstić information content (AvgIpc) is 3.26. The lowest BCUT2D eigenvalue weighted by Crippen LogP contribution is -2.24. The van der Waals surface area contributed by atoms with E-state index in [0.717, 1.165) is 23.4 Å². The molecule has 2 heterocycles. The van der Waals surface area contributed by atoms with Crippen molar-refractivity contribution in [3.63, 3.8) is 0 Å². The van der Waals surface area contributed by atoms with Crippen LogP contribution in [-0.2, 0) is 11.3 Å². The van der Waals surface area contributed by atoms with Crippen molar-refractivity contribution in [1.29, 1.82) is 0 Å². The second-order valence-corrected chi connectivity index (χ2v) is 9.02. The molecule has 0 spiro atoms. The highest BCUT2D eigenvalue weighted by atomic mass is 35.5. The van der Waals surface area contributed by atoms with Crippen LogP contribution in [0.15, 0.2) is 63.9 Å². The van der Waals surface area contributed by atoms with Crippen molar-refractivity contribution in [2.45, 2.75) is 11.7 Å². The summed E-state index contributed by atoms with van der Waals surface area (Å²) >= 11 is 8.18. The van der Waals surface area contributed by atoms with E-state index in [-0.39, 0.29) is 22.0 Å². The summed E-state index contributed by atoms with van der Waals surface area (Å²) in [4.78, 5) is 30.1. The number of hydrogen-bond acceptors (Lipinski definition) is 6. The molecular weight excluding hydrogens is 473 g/mol. The molecule has 0 unspecified atom stereocenters. The lowest BCUT2D eigenvalue weighted by Gasteiger charge is -2.13. The molecule has 6 nitrogen and oxygen atoms in total. The van der Waals surface area contributed by atoms with Crippen LogP contribution in [0.2, 0.25) is 5.02 Å². The van der Waals surface area contributed by atoms with Crippen LogP contribution in [0, 0.1) is 5.82 Å². The molecule has 0 saturated heterocycles. The van der Waals surface area contributed by atoms with Gasteiger partial charge in [-0.3, -0.25) is 14.2 Å². The number of nitrogens with one attached hydrogen (secondary N) is 1. The van der Waals surface area contributed by atoms with Gasteiger partial charge >= 0.3 is 0 Å². The highest BCUT2D eigenvalue weighted by Gasteiger charge is 2.15. The van der Waals surface area contributed by atoms with Crippen molar-refractivity contribution in [3.05, 3.63) is 80.7 Å². The zero-order chi connectivity index (χ0) is 22.7. The highest BCUT2D eigenvalue weighted by molar-refractivity contribution is 7.99. The molecule has 0 radical (unpaired) electrons. The Labute approximate surface area is 196 Å². The molecule has 32 heavy (non-hydrogen) atoms. The fourth-order valence-corrected chi connectivity index (χ4v) is 4.73. The minimum Gasteiger partial charge on any atom is -0.497 e. The largest absolute Gasteiger partial charge is 0.497 e. The van der Waals surface area contributed by atoms with Gasteiger partial charge in [-0.1, -0.05) is 35.5 Å². The molecule has 0 fully saturated rings. The molecular formula is C22H17ClFN3O3S2. The lowest BCUT2D eigenvalue weighted by molar-refractivity contribution is -0.113. The zero-order valence-electron chi connectivity index (χ0n) is 16.8. The van der Waals surface area contributed by atoms with Crippen LogP contribution in [0.3, 0.4) is 0 Å². The molecule has 2 aromatic heterocycles. The predicted octanol–water partition coefficient (Wildman–Crippen LogP) is 5.04. The Morgan fingerprint density at radius 2 is 2.03 bits per heavy atom. The zero-order valence-corrected chi connectivity index (χ0v) is 19.2. The number of thiophene rings is 1. The van der Waals surface area contributed by atoms with E-state index in [2.05, 4.69) is 10.3 Å². The van der Waals surface area contributed by atoms with Crippen LogP contribution in [0.5, 0.6) is 5.75 Å². The van der Waals surface area contributed by atoms with Crippen LogP contribution in [0.4, 0.5) is 10.1 Å². The Balaban J connectivity index is 1.57. The summed E-state index contributed by atoms with van der Waals surface area (Å²) in [6.45, 7) is 0.291. The van der Waals surface area contributed by atoms with E-state index in [1.54, 1.807) is 23.1 Å². The number of anilines is 1. The standard InChI is InChI=1S/C22H17ClFN3O3S2/c1-30-15-5-2-13(3-6-15)11-27-21(29)20-18(8-9-31-20)26-22(27)32-12-19(28)25-17-7-4-14(23)10-16(17)24/h2-10H,11-12H2,1H3,(H,25,28). The average molecular weight is 490 g/mol. The molecule has 10 heteroatoms. The van der Waals surface area contributed by atoms with E-state index in [1.165, 1.54) is 23.5 Å². The summed E-state index contributed by atoms with van der Waals surface area (Å²) in [5, 5.41) is 4.97. The Kier molecular flexibility index (Phi) is 6.78. The van der Waals surface area contributed by atoms with Crippen LogP contribution in [0.25, 0.3) is 10.2 Å². The van der Waals surface area contributed by atoms with Gasteiger partial charge < -0.3 is 10.1 Å². The molecule has 1 N–H and O–H groups in total. The number of thioether (sulfide) groups is 1. The van der Waals surface area contributed by atoms with E-state index in [0.29, 0.717) is 27.7 Å². The van der Waals surface area contributed by atoms with Crippen LogP contribution in [0.1, 0.15) is 5.56 Å². The number of carbonyl (C=O) groups excluding carboxylic acids is 1. The quantitative estimate of drug-likeness (QED) is 0.291. The number of halogens is 2. The maximum atomic E-state index is 14.0. The first-order chi connectivity index (χ1) is 15.4. The van der Waals surface area contributed by atoms with E-state index in [9.17, 15) is 14.0 Å². The molecule has 0 atom stereocenters. The van der Waals surface area contributed by atoms with Gasteiger partial charge in [-0.15, -0.1) is 11.3 Å². The number of rotatable bonds is 7. The summed E-state index contributed by atoms with van der Waals surface area (Å²) in [7, 11) is 1.59. The van der Waals surface area contributed by atoms with Gasteiger partial charge in [0, 0.05) is 5.02 Å². The molecule has 0 aliphatic rings. The van der Waals surface area contributed by atoms with Gasteiger partial charge in [0.05, 0.1) is 30.6 Å². The number of hydrogen-bond donors (Lipinski definition) is 1. The summed E-state index contributed by atoms with van der Waals surface area (Å²) in [6, 6.07) is 13.2. The number of carbonyl (C=O) groups is 1. The van der Waals surface area contributed by atoms with E-state index < -0.39 is 11.7 Å². The molecule has 0 aliphatic carbocycles. The highest BCUT2D eigenvalue weighted by Crippen LogP contribution is 2.23. The molecule has 4 aromatic rings. The molecule has 0 aliphatic heterocycles. The van der Waals surface area contributed by atoms with Crippen molar-refractivity contribution >= 4 is 56.5 Å². The van der Waals surface area contributed by atoms with Gasteiger partial charge in [0.2, 0.25) is 5.91 Å². The first-order valence-corrected chi connectivity index (χ1v) is 11.7. The number of ether oxygens (including phenoxy) is 1. The second-order valence-electron chi connectivity index (χ2n) is 6.73. The second kappa shape index (κ2) is 9.72. The summed E-state index contributed by atoms with van der Waals surface area (Å²) in [6.07, 6.45) is 0. The normalized spacial score (nSPS) is 11.0. The fraction of sp³-hybridized carbons (Fsp3) is 0.136. The van der Waals surface area contributed by atoms with E-state index in [4.69, 9.17) is 16.3 Å². The number of amides is 1. The van der Waals surface area contributed by atoms with Gasteiger partial charge in [-0.05, 0) is 47.3 Å². The molecule has 0 bridgehead atoms. The Morgan fingerprint density at radius 3 is 2.75 bits per heavy atom. The van der Waals surface area contributed by atoms with Crippen molar-refractivity contribution in [2.75, 3.05) is 18.2 Å². The minimum atomic E-state index is -0.620. The summed E-state index contributed by atoms with van der Waals surface area (Å²) < 4.78 is 21.2. The van der Waals surface area contributed by atoms with Gasteiger partial charge in [0.15, 0.2) is 5.16 Å². The third kappa shape index (κ3) is 4.95. The maximum absolute atomic E-state index is 14.0. The summed E-state index contributed by atoms with van der Waals surface area (Å²) in [5.74, 6) is -0.377. The predicted molar refractivity (Wildman–Crippen MR) is 127 cm³/mol. The van der Waals surface area contributed by atoms with E-state index >= 15 is 0 Å². The first-order valence-electron chi connectivity index (χ1n) is 9.43. The first kappa shape index (κ1) is 22.3. The van der Waals surface area contributed by atoms with Crippen molar-refractivity contribution in [2.24, 2.45) is 0 Å². The maximum Gasteiger partial charge on any atom is 0.272 e. The fourth-order valence-electron chi connectivity index (χ4n) is 2.99. The Morgan fingerprint density at radius 1 is 1.25 bits per heavy atom. The Hall–Kier alpha value is -2.88. The number of nitrogens with zero attached hydrogens (tertiary/aromatic N) is 2. The third-order valence-corrected chi connectivity index (χ3v) is 6.67. The van der Waals surface area contributed by atoms with Gasteiger partial charge in [-0.2, -0.15) is 0 Å². The number of methoxy groups -OCH3 is 1. The molecule has 0 saturated carbocycles. The number of fused-ring (bicyclic) bond motifs is 1. The smallest absolute Gasteiger partial charge is 0.272 e. The molecule has 2 aromatic carbocycles. The van der Waals surface area contributed by atoms with Gasteiger partial charge in [0.25, 0.3) is 5.56 Å². The molecule has 4 rings (SSSR count). The lowest BCUT2D eigenvalue weighted by atomic mass is 10.2. The van der Waals surface area contributed by atoms with Crippen LogP contribution in [-0.4, -0.2) is 28.3 Å². The molecule has 1 amide bonds.